The van der Waals surface area contributed by atoms with Gasteiger partial charge >= 0.3 is 5.69 Å². The number of ether oxygens (including phenoxy) is 2. The zero-order valence-electron chi connectivity index (χ0n) is 13.1. The maximum absolute atomic E-state index is 14.4. The molecule has 11 nitrogen and oxygen atoms in total. The summed E-state index contributed by atoms with van der Waals surface area (Å²) in [6.45, 7) is 1.24. The molecule has 2 saturated heterocycles. The number of morpholine rings is 1. The SMILES string of the molecule is [N-]=[N+]=NC1(CO)O[C@@H](n2ccc(N3CCOCC3)nc2=O)[C@@H](F)[C@@H]1O. The summed E-state index contributed by atoms with van der Waals surface area (Å²) in [6.07, 6.45) is -4.31. The number of rotatable bonds is 4. The van der Waals surface area contributed by atoms with E-state index < -0.39 is 36.5 Å². The Morgan fingerprint density at radius 1 is 1.52 bits per heavy atom. The van der Waals surface area contributed by atoms with Crippen molar-refractivity contribution in [2.24, 2.45) is 5.11 Å². The molecule has 4 atom stereocenters. The fraction of sp³-hybridized carbons (Fsp3) is 0.692. The first-order valence-electron chi connectivity index (χ1n) is 7.61. The van der Waals surface area contributed by atoms with E-state index in [0.717, 1.165) is 4.57 Å². The van der Waals surface area contributed by atoms with Crippen molar-refractivity contribution in [1.82, 2.24) is 9.55 Å². The molecule has 0 radical (unpaired) electrons. The van der Waals surface area contributed by atoms with Crippen LogP contribution in [0.3, 0.4) is 0 Å². The highest BCUT2D eigenvalue weighted by Gasteiger charge is 2.56. The molecule has 2 aliphatic heterocycles. The monoisotopic (exact) mass is 356 g/mol. The molecule has 0 spiro atoms. The van der Waals surface area contributed by atoms with E-state index in [9.17, 15) is 19.4 Å². The highest BCUT2D eigenvalue weighted by atomic mass is 19.1. The van der Waals surface area contributed by atoms with Gasteiger partial charge in [0.05, 0.1) is 19.8 Å². The van der Waals surface area contributed by atoms with E-state index in [4.69, 9.17) is 15.0 Å². The Balaban J connectivity index is 1.89. The molecule has 2 N–H and O–H groups in total. The lowest BCUT2D eigenvalue weighted by atomic mass is 10.1. The molecule has 12 heteroatoms. The molecule has 0 aromatic carbocycles. The largest absolute Gasteiger partial charge is 0.393 e. The van der Waals surface area contributed by atoms with E-state index in [1.165, 1.54) is 12.3 Å². The molecule has 25 heavy (non-hydrogen) atoms. The molecular weight excluding hydrogens is 339 g/mol. The second-order valence-corrected chi connectivity index (χ2v) is 5.67. The molecule has 1 aromatic heterocycles. The summed E-state index contributed by atoms with van der Waals surface area (Å²) < 4.78 is 25.7. The third-order valence-corrected chi connectivity index (χ3v) is 4.23. The van der Waals surface area contributed by atoms with Crippen molar-refractivity contribution in [2.45, 2.75) is 24.2 Å². The number of nitrogens with zero attached hydrogens (tertiary/aromatic N) is 6. The molecule has 136 valence electrons. The van der Waals surface area contributed by atoms with Crippen molar-refractivity contribution in [3.05, 3.63) is 33.2 Å². The predicted octanol–water partition coefficient (Wildman–Crippen LogP) is -0.693. The Kier molecular flexibility index (Phi) is 4.88. The van der Waals surface area contributed by atoms with Crippen LogP contribution in [0.2, 0.25) is 0 Å². The minimum absolute atomic E-state index is 0.418. The third kappa shape index (κ3) is 3.05. The maximum atomic E-state index is 14.4. The number of hydrogen-bond donors (Lipinski definition) is 2. The lowest BCUT2D eigenvalue weighted by Gasteiger charge is -2.28. The van der Waals surface area contributed by atoms with Crippen LogP contribution >= 0.6 is 0 Å². The molecule has 0 aliphatic carbocycles. The quantitative estimate of drug-likeness (QED) is 0.412. The first-order chi connectivity index (χ1) is 12.0. The van der Waals surface area contributed by atoms with Gasteiger partial charge in [0.15, 0.2) is 12.4 Å². The third-order valence-electron chi connectivity index (χ3n) is 4.23. The molecule has 2 aliphatic rings. The minimum atomic E-state index is -2.19. The fourth-order valence-electron chi connectivity index (χ4n) is 2.85. The maximum Gasteiger partial charge on any atom is 0.351 e. The molecule has 3 rings (SSSR count). The van der Waals surface area contributed by atoms with Gasteiger partial charge in [-0.3, -0.25) is 4.57 Å². The second-order valence-electron chi connectivity index (χ2n) is 5.67. The molecule has 0 bridgehead atoms. The van der Waals surface area contributed by atoms with Crippen LogP contribution in [0.25, 0.3) is 10.4 Å². The molecule has 1 unspecified atom stereocenters. The van der Waals surface area contributed by atoms with E-state index in [1.54, 1.807) is 0 Å². The summed E-state index contributed by atoms with van der Waals surface area (Å²) in [5.74, 6) is 0.418. The second kappa shape index (κ2) is 6.94. The standard InChI is InChI=1S/C13H17FN6O5/c14-9-10(22)13(7-21,17-18-15)25-11(9)20-2-1-8(16-12(20)23)19-3-5-24-6-4-19/h1-2,9-11,21-22H,3-7H2/t9-,10-,11+,13?/m0/s1. The zero-order chi connectivity index (χ0) is 18.0. The van der Waals surface area contributed by atoms with Gasteiger partial charge in [0.2, 0.25) is 5.72 Å². The normalized spacial score (nSPS) is 32.4. The van der Waals surface area contributed by atoms with Crippen LogP contribution < -0.4 is 10.6 Å². The minimum Gasteiger partial charge on any atom is -0.393 e. The summed E-state index contributed by atoms with van der Waals surface area (Å²) >= 11 is 0. The number of aromatic nitrogens is 2. The van der Waals surface area contributed by atoms with E-state index in [1.807, 2.05) is 4.90 Å². The van der Waals surface area contributed by atoms with Gasteiger partial charge < -0.3 is 24.6 Å². The fourth-order valence-corrected chi connectivity index (χ4v) is 2.85. The van der Waals surface area contributed by atoms with Crippen molar-refractivity contribution in [2.75, 3.05) is 37.8 Å². The number of aliphatic hydroxyl groups excluding tert-OH is 2. The Labute approximate surface area is 140 Å². The van der Waals surface area contributed by atoms with Crippen molar-refractivity contribution in [3.63, 3.8) is 0 Å². The summed E-state index contributed by atoms with van der Waals surface area (Å²) in [5, 5.41) is 22.4. The van der Waals surface area contributed by atoms with Gasteiger partial charge in [0, 0.05) is 24.2 Å². The van der Waals surface area contributed by atoms with E-state index >= 15 is 0 Å². The van der Waals surface area contributed by atoms with Gasteiger partial charge in [0.25, 0.3) is 0 Å². The molecule has 2 fully saturated rings. The molecular formula is C13H17FN6O5. The first-order valence-corrected chi connectivity index (χ1v) is 7.61. The highest BCUT2D eigenvalue weighted by Crippen LogP contribution is 2.39. The Morgan fingerprint density at radius 2 is 2.24 bits per heavy atom. The smallest absolute Gasteiger partial charge is 0.351 e. The van der Waals surface area contributed by atoms with Crippen LogP contribution in [0, 0.1) is 0 Å². The Bertz CT molecular complexity index is 734. The van der Waals surface area contributed by atoms with Gasteiger partial charge in [0.1, 0.15) is 11.9 Å². The summed E-state index contributed by atoms with van der Waals surface area (Å²) in [5.41, 5.74) is 5.57. The van der Waals surface area contributed by atoms with Crippen LogP contribution in [0.1, 0.15) is 6.23 Å². The molecule has 1 aromatic rings. The average Bonchev–Trinajstić information content (AvgIpc) is 2.88. The van der Waals surface area contributed by atoms with Crippen molar-refractivity contribution < 1.29 is 24.1 Å². The molecule has 0 amide bonds. The zero-order valence-corrected chi connectivity index (χ0v) is 13.1. The Hall–Kier alpha value is -2.24. The number of alkyl halides is 1. The number of hydrogen-bond acceptors (Lipinski definition) is 8. The van der Waals surface area contributed by atoms with Crippen LogP contribution in [0.4, 0.5) is 10.2 Å². The number of aliphatic hydroxyl groups is 2. The topological polar surface area (TPSA) is 146 Å². The van der Waals surface area contributed by atoms with E-state index in [-0.39, 0.29) is 0 Å². The van der Waals surface area contributed by atoms with Crippen molar-refractivity contribution >= 4 is 5.82 Å². The Morgan fingerprint density at radius 3 is 2.84 bits per heavy atom. The number of anilines is 1. The van der Waals surface area contributed by atoms with E-state index in [0.29, 0.717) is 32.1 Å². The van der Waals surface area contributed by atoms with Gasteiger partial charge in [-0.25, -0.2) is 9.18 Å². The average molecular weight is 356 g/mol. The van der Waals surface area contributed by atoms with Crippen LogP contribution in [-0.2, 0) is 9.47 Å². The van der Waals surface area contributed by atoms with Crippen LogP contribution in [0.5, 0.6) is 0 Å². The highest BCUT2D eigenvalue weighted by molar-refractivity contribution is 5.37. The predicted molar refractivity (Wildman–Crippen MR) is 81.5 cm³/mol. The van der Waals surface area contributed by atoms with Crippen molar-refractivity contribution in [1.29, 1.82) is 0 Å². The summed E-state index contributed by atoms with van der Waals surface area (Å²) in [6, 6.07) is 1.52. The van der Waals surface area contributed by atoms with Gasteiger partial charge in [-0.05, 0) is 11.6 Å². The molecule has 3 heterocycles. The van der Waals surface area contributed by atoms with E-state index in [2.05, 4.69) is 15.0 Å². The lowest BCUT2D eigenvalue weighted by molar-refractivity contribution is -0.124. The lowest BCUT2D eigenvalue weighted by Crippen LogP contribution is -2.43. The van der Waals surface area contributed by atoms with Crippen LogP contribution in [-0.4, -0.2) is 70.7 Å². The van der Waals surface area contributed by atoms with Crippen LogP contribution in [0.15, 0.2) is 22.2 Å². The number of halogens is 1. The number of azide groups is 1. The molecule has 0 saturated carbocycles. The van der Waals surface area contributed by atoms with Gasteiger partial charge in [-0.1, -0.05) is 5.11 Å². The van der Waals surface area contributed by atoms with Gasteiger partial charge in [-0.15, -0.1) is 0 Å². The summed E-state index contributed by atoms with van der Waals surface area (Å²) in [7, 11) is 0. The van der Waals surface area contributed by atoms with Crippen molar-refractivity contribution in [3.8, 4) is 0 Å². The van der Waals surface area contributed by atoms with Gasteiger partial charge in [-0.2, -0.15) is 4.98 Å². The summed E-state index contributed by atoms with van der Waals surface area (Å²) in [4.78, 5) is 20.5. The first kappa shape index (κ1) is 17.6.